The SMILES string of the molecule is CCC(N)(COC)c1ccc(C(C)(C)C)cc1. The van der Waals surface area contributed by atoms with Gasteiger partial charge in [0.15, 0.2) is 0 Å². The van der Waals surface area contributed by atoms with Crippen LogP contribution in [0.25, 0.3) is 0 Å². The maximum absolute atomic E-state index is 6.36. The van der Waals surface area contributed by atoms with Crippen LogP contribution >= 0.6 is 0 Å². The molecule has 0 aliphatic rings. The van der Waals surface area contributed by atoms with Crippen molar-refractivity contribution < 1.29 is 4.74 Å². The number of hydrogen-bond acceptors (Lipinski definition) is 2. The van der Waals surface area contributed by atoms with Crippen LogP contribution in [0.2, 0.25) is 0 Å². The summed E-state index contributed by atoms with van der Waals surface area (Å²) in [5.74, 6) is 0. The van der Waals surface area contributed by atoms with Crippen LogP contribution in [0, 0.1) is 0 Å². The summed E-state index contributed by atoms with van der Waals surface area (Å²) in [5, 5.41) is 0. The Morgan fingerprint density at radius 2 is 1.53 bits per heavy atom. The van der Waals surface area contributed by atoms with Crippen molar-refractivity contribution in [3.05, 3.63) is 35.4 Å². The van der Waals surface area contributed by atoms with Crippen LogP contribution in [-0.4, -0.2) is 13.7 Å². The fourth-order valence-corrected chi connectivity index (χ4v) is 1.95. The smallest absolute Gasteiger partial charge is 0.0684 e. The zero-order valence-corrected chi connectivity index (χ0v) is 11.7. The number of nitrogens with two attached hydrogens (primary N) is 1. The molecule has 0 radical (unpaired) electrons. The van der Waals surface area contributed by atoms with Crippen molar-refractivity contribution in [3.63, 3.8) is 0 Å². The third-order valence-electron chi connectivity index (χ3n) is 3.36. The van der Waals surface area contributed by atoms with Crippen molar-refractivity contribution >= 4 is 0 Å². The lowest BCUT2D eigenvalue weighted by atomic mass is 9.83. The molecule has 0 aliphatic heterocycles. The third kappa shape index (κ3) is 3.30. The molecule has 2 heteroatoms. The summed E-state index contributed by atoms with van der Waals surface area (Å²) >= 11 is 0. The van der Waals surface area contributed by atoms with Gasteiger partial charge in [0.1, 0.15) is 0 Å². The van der Waals surface area contributed by atoms with Crippen LogP contribution in [0.5, 0.6) is 0 Å². The predicted molar refractivity (Wildman–Crippen MR) is 73.2 cm³/mol. The van der Waals surface area contributed by atoms with Crippen LogP contribution in [0.1, 0.15) is 45.2 Å². The number of benzene rings is 1. The van der Waals surface area contributed by atoms with Crippen molar-refractivity contribution in [2.45, 2.75) is 45.1 Å². The predicted octanol–water partition coefficient (Wildman–Crippen LogP) is 3.19. The van der Waals surface area contributed by atoms with Crippen molar-refractivity contribution in [1.82, 2.24) is 0 Å². The zero-order chi connectivity index (χ0) is 13.1. The standard InChI is InChI=1S/C15H25NO/c1-6-15(16,11-17-5)13-9-7-12(8-10-13)14(2,3)4/h7-10H,6,11,16H2,1-5H3. The fraction of sp³-hybridized carbons (Fsp3) is 0.600. The van der Waals surface area contributed by atoms with Gasteiger partial charge in [0, 0.05) is 7.11 Å². The summed E-state index contributed by atoms with van der Waals surface area (Å²) in [4.78, 5) is 0. The first-order valence-corrected chi connectivity index (χ1v) is 6.22. The van der Waals surface area contributed by atoms with Gasteiger partial charge < -0.3 is 10.5 Å². The second-order valence-electron chi connectivity index (χ2n) is 5.77. The molecule has 1 rings (SSSR count). The average Bonchev–Trinajstić information content (AvgIpc) is 2.28. The molecule has 1 atom stereocenters. The van der Waals surface area contributed by atoms with Crippen LogP contribution in [-0.2, 0) is 15.7 Å². The molecular weight excluding hydrogens is 210 g/mol. The molecule has 2 nitrogen and oxygen atoms in total. The van der Waals surface area contributed by atoms with Gasteiger partial charge >= 0.3 is 0 Å². The molecule has 0 saturated heterocycles. The minimum absolute atomic E-state index is 0.184. The van der Waals surface area contributed by atoms with E-state index in [1.165, 1.54) is 5.56 Å². The average molecular weight is 235 g/mol. The van der Waals surface area contributed by atoms with Crippen LogP contribution in [0.4, 0.5) is 0 Å². The number of ether oxygens (including phenoxy) is 1. The molecule has 0 heterocycles. The molecule has 0 bridgehead atoms. The molecule has 0 spiro atoms. The van der Waals surface area contributed by atoms with Gasteiger partial charge in [-0.05, 0) is 23.0 Å². The topological polar surface area (TPSA) is 35.2 Å². The minimum Gasteiger partial charge on any atom is -0.382 e. The number of hydrogen-bond donors (Lipinski definition) is 1. The third-order valence-corrected chi connectivity index (χ3v) is 3.36. The van der Waals surface area contributed by atoms with Crippen LogP contribution in [0.15, 0.2) is 24.3 Å². The molecule has 0 saturated carbocycles. The van der Waals surface area contributed by atoms with E-state index in [-0.39, 0.29) is 11.0 Å². The fourth-order valence-electron chi connectivity index (χ4n) is 1.95. The Hall–Kier alpha value is -0.860. The van der Waals surface area contributed by atoms with E-state index in [9.17, 15) is 0 Å². The Bertz CT molecular complexity index is 350. The summed E-state index contributed by atoms with van der Waals surface area (Å²) < 4.78 is 5.22. The summed E-state index contributed by atoms with van der Waals surface area (Å²) in [6.45, 7) is 9.29. The van der Waals surface area contributed by atoms with Crippen molar-refractivity contribution in [1.29, 1.82) is 0 Å². The van der Waals surface area contributed by atoms with Crippen molar-refractivity contribution in [2.24, 2.45) is 5.73 Å². The van der Waals surface area contributed by atoms with E-state index in [0.29, 0.717) is 6.61 Å². The molecule has 2 N–H and O–H groups in total. The molecule has 1 unspecified atom stereocenters. The largest absolute Gasteiger partial charge is 0.382 e. The molecule has 96 valence electrons. The normalized spacial score (nSPS) is 15.6. The quantitative estimate of drug-likeness (QED) is 0.870. The van der Waals surface area contributed by atoms with E-state index in [0.717, 1.165) is 12.0 Å². The van der Waals surface area contributed by atoms with Crippen LogP contribution < -0.4 is 5.73 Å². The summed E-state index contributed by atoms with van der Waals surface area (Å²) in [7, 11) is 1.70. The van der Waals surface area contributed by atoms with E-state index in [1.807, 2.05) is 0 Å². The Labute approximate surface area is 105 Å². The first kappa shape index (κ1) is 14.2. The lowest BCUT2D eigenvalue weighted by Crippen LogP contribution is -2.40. The van der Waals surface area contributed by atoms with Gasteiger partial charge in [-0.3, -0.25) is 0 Å². The number of rotatable bonds is 4. The lowest BCUT2D eigenvalue weighted by molar-refractivity contribution is 0.129. The monoisotopic (exact) mass is 235 g/mol. The summed E-state index contributed by atoms with van der Waals surface area (Å²) in [6.07, 6.45) is 0.871. The van der Waals surface area contributed by atoms with Gasteiger partial charge in [0.05, 0.1) is 12.1 Å². The van der Waals surface area contributed by atoms with E-state index < -0.39 is 0 Å². The Kier molecular flexibility index (Phi) is 4.34. The molecule has 1 aromatic carbocycles. The molecule has 0 fully saturated rings. The van der Waals surface area contributed by atoms with E-state index in [1.54, 1.807) is 7.11 Å². The Morgan fingerprint density at radius 3 is 1.88 bits per heavy atom. The first-order valence-electron chi connectivity index (χ1n) is 6.22. The molecule has 0 amide bonds. The maximum atomic E-state index is 6.36. The molecular formula is C15H25NO. The van der Waals surface area contributed by atoms with Gasteiger partial charge in [0.25, 0.3) is 0 Å². The molecule has 0 aromatic heterocycles. The van der Waals surface area contributed by atoms with Crippen molar-refractivity contribution in [2.75, 3.05) is 13.7 Å². The second-order valence-corrected chi connectivity index (χ2v) is 5.77. The highest BCUT2D eigenvalue weighted by Crippen LogP contribution is 2.27. The second kappa shape index (κ2) is 5.19. The van der Waals surface area contributed by atoms with E-state index in [2.05, 4.69) is 52.0 Å². The zero-order valence-electron chi connectivity index (χ0n) is 11.7. The van der Waals surface area contributed by atoms with Gasteiger partial charge in [-0.1, -0.05) is 52.0 Å². The van der Waals surface area contributed by atoms with Crippen LogP contribution in [0.3, 0.4) is 0 Å². The molecule has 1 aromatic rings. The highest BCUT2D eigenvalue weighted by molar-refractivity contribution is 5.31. The molecule has 17 heavy (non-hydrogen) atoms. The van der Waals surface area contributed by atoms with Crippen molar-refractivity contribution in [3.8, 4) is 0 Å². The Morgan fingerprint density at radius 1 is 1.06 bits per heavy atom. The van der Waals surface area contributed by atoms with Gasteiger partial charge in [-0.25, -0.2) is 0 Å². The lowest BCUT2D eigenvalue weighted by Gasteiger charge is -2.29. The summed E-state index contributed by atoms with van der Waals surface area (Å²) in [6, 6.07) is 8.59. The van der Waals surface area contributed by atoms with E-state index >= 15 is 0 Å². The molecule has 0 aliphatic carbocycles. The van der Waals surface area contributed by atoms with E-state index in [4.69, 9.17) is 10.5 Å². The maximum Gasteiger partial charge on any atom is 0.0684 e. The summed E-state index contributed by atoms with van der Waals surface area (Å²) in [5.41, 5.74) is 8.66. The van der Waals surface area contributed by atoms with Gasteiger partial charge in [-0.15, -0.1) is 0 Å². The Balaban J connectivity index is 3.01. The van der Waals surface area contributed by atoms with Gasteiger partial charge in [0.2, 0.25) is 0 Å². The highest BCUT2D eigenvalue weighted by Gasteiger charge is 2.25. The first-order chi connectivity index (χ1) is 7.83. The highest BCUT2D eigenvalue weighted by atomic mass is 16.5. The van der Waals surface area contributed by atoms with Gasteiger partial charge in [-0.2, -0.15) is 0 Å². The minimum atomic E-state index is -0.370. The number of methoxy groups -OCH3 is 1.